The number of anilines is 1. The van der Waals surface area contributed by atoms with Gasteiger partial charge in [0.2, 0.25) is 5.88 Å². The first-order valence-corrected chi connectivity index (χ1v) is 5.74. The summed E-state index contributed by atoms with van der Waals surface area (Å²) in [6.45, 7) is 0.469. The van der Waals surface area contributed by atoms with Crippen LogP contribution >= 0.6 is 0 Å². The van der Waals surface area contributed by atoms with Gasteiger partial charge >= 0.3 is 0 Å². The third-order valence-corrected chi connectivity index (χ3v) is 2.76. The van der Waals surface area contributed by atoms with E-state index in [9.17, 15) is 4.39 Å². The minimum Gasteiger partial charge on any atom is -0.496 e. The predicted molar refractivity (Wildman–Crippen MR) is 68.4 cm³/mol. The minimum atomic E-state index is -0.380. The van der Waals surface area contributed by atoms with Gasteiger partial charge < -0.3 is 19.7 Å². The molecule has 0 saturated carbocycles. The monoisotopic (exact) mass is 266 g/mol. The molecule has 0 atom stereocenters. The van der Waals surface area contributed by atoms with Crippen molar-refractivity contribution in [2.45, 2.75) is 6.42 Å². The summed E-state index contributed by atoms with van der Waals surface area (Å²) in [4.78, 5) is 0. The summed E-state index contributed by atoms with van der Waals surface area (Å²) < 4.78 is 28.6. The standard InChI is InChI=1S/C13H15FN2O3/c1-17-6-5-10-12(13(15)19-16-10)9-7-8(14)3-4-11(9)18-2/h3-4,7H,5-6,15H2,1-2H3. The summed E-state index contributed by atoms with van der Waals surface area (Å²) in [5, 5.41) is 3.88. The number of nitrogens with two attached hydrogens (primary N) is 1. The molecule has 0 radical (unpaired) electrons. The van der Waals surface area contributed by atoms with Crippen molar-refractivity contribution in [2.75, 3.05) is 26.6 Å². The molecular formula is C13H15FN2O3. The first kappa shape index (κ1) is 13.4. The maximum Gasteiger partial charge on any atom is 0.230 e. The molecule has 2 aromatic rings. The highest BCUT2D eigenvalue weighted by Crippen LogP contribution is 2.37. The van der Waals surface area contributed by atoms with Gasteiger partial charge in [-0.05, 0) is 18.2 Å². The van der Waals surface area contributed by atoms with Crippen LogP contribution in [0.3, 0.4) is 0 Å². The first-order chi connectivity index (χ1) is 9.17. The number of aromatic nitrogens is 1. The first-order valence-electron chi connectivity index (χ1n) is 5.74. The van der Waals surface area contributed by atoms with Crippen LogP contribution in [0.2, 0.25) is 0 Å². The fourth-order valence-electron chi connectivity index (χ4n) is 1.87. The van der Waals surface area contributed by atoms with E-state index >= 15 is 0 Å². The summed E-state index contributed by atoms with van der Waals surface area (Å²) in [6.07, 6.45) is 0.520. The second-order valence-electron chi connectivity index (χ2n) is 3.96. The SMILES string of the molecule is COCCc1noc(N)c1-c1cc(F)ccc1OC. The van der Waals surface area contributed by atoms with Crippen molar-refractivity contribution < 1.29 is 18.4 Å². The van der Waals surface area contributed by atoms with Crippen molar-refractivity contribution in [1.82, 2.24) is 5.16 Å². The molecule has 2 N–H and O–H groups in total. The third-order valence-electron chi connectivity index (χ3n) is 2.76. The number of ether oxygens (including phenoxy) is 2. The van der Waals surface area contributed by atoms with Gasteiger partial charge in [-0.2, -0.15) is 0 Å². The van der Waals surface area contributed by atoms with Crippen molar-refractivity contribution in [1.29, 1.82) is 0 Å². The Balaban J connectivity index is 2.51. The van der Waals surface area contributed by atoms with Gasteiger partial charge in [0.05, 0.1) is 25.0 Å². The molecule has 0 aliphatic rings. The summed E-state index contributed by atoms with van der Waals surface area (Å²) in [5.74, 6) is 0.263. The van der Waals surface area contributed by atoms with Crippen LogP contribution in [-0.2, 0) is 11.2 Å². The molecule has 1 heterocycles. The number of halogens is 1. The second-order valence-corrected chi connectivity index (χ2v) is 3.96. The summed E-state index contributed by atoms with van der Waals surface area (Å²) >= 11 is 0. The Morgan fingerprint density at radius 2 is 2.16 bits per heavy atom. The molecule has 6 heteroatoms. The van der Waals surface area contributed by atoms with E-state index in [0.29, 0.717) is 35.6 Å². The van der Waals surface area contributed by atoms with E-state index in [-0.39, 0.29) is 11.7 Å². The molecule has 0 unspecified atom stereocenters. The zero-order valence-electron chi connectivity index (χ0n) is 10.8. The smallest absolute Gasteiger partial charge is 0.230 e. The van der Waals surface area contributed by atoms with Crippen LogP contribution in [0, 0.1) is 5.82 Å². The van der Waals surface area contributed by atoms with Gasteiger partial charge in [0.25, 0.3) is 0 Å². The van der Waals surface area contributed by atoms with Crippen molar-refractivity contribution in [3.05, 3.63) is 29.7 Å². The lowest BCUT2D eigenvalue weighted by atomic mass is 10.0. The molecule has 2 rings (SSSR count). The quantitative estimate of drug-likeness (QED) is 0.898. The highest BCUT2D eigenvalue weighted by atomic mass is 19.1. The fourth-order valence-corrected chi connectivity index (χ4v) is 1.87. The molecule has 0 saturated heterocycles. The Hall–Kier alpha value is -2.08. The molecule has 0 amide bonds. The lowest BCUT2D eigenvalue weighted by Gasteiger charge is -2.08. The average Bonchev–Trinajstić information content (AvgIpc) is 2.77. The van der Waals surface area contributed by atoms with Crippen LogP contribution in [0.4, 0.5) is 10.3 Å². The molecule has 0 aliphatic carbocycles. The molecule has 1 aromatic carbocycles. The number of hydrogen-bond donors (Lipinski definition) is 1. The summed E-state index contributed by atoms with van der Waals surface area (Å²) in [6, 6.07) is 4.20. The van der Waals surface area contributed by atoms with Gasteiger partial charge in [0, 0.05) is 19.1 Å². The molecule has 0 aliphatic heterocycles. The van der Waals surface area contributed by atoms with E-state index in [1.54, 1.807) is 7.11 Å². The molecule has 0 spiro atoms. The molecule has 102 valence electrons. The molecule has 0 bridgehead atoms. The maximum atomic E-state index is 13.4. The molecule has 0 fully saturated rings. The molecular weight excluding hydrogens is 251 g/mol. The van der Waals surface area contributed by atoms with E-state index < -0.39 is 0 Å². The van der Waals surface area contributed by atoms with Crippen LogP contribution in [0.5, 0.6) is 5.75 Å². The maximum absolute atomic E-state index is 13.4. The normalized spacial score (nSPS) is 10.7. The van der Waals surface area contributed by atoms with Crippen LogP contribution in [-0.4, -0.2) is 26.0 Å². The van der Waals surface area contributed by atoms with Crippen molar-refractivity contribution in [3.63, 3.8) is 0 Å². The number of methoxy groups -OCH3 is 2. The average molecular weight is 266 g/mol. The lowest BCUT2D eigenvalue weighted by Crippen LogP contribution is -1.99. The number of hydrogen-bond acceptors (Lipinski definition) is 5. The van der Waals surface area contributed by atoms with Crippen molar-refractivity contribution in [3.8, 4) is 16.9 Å². The van der Waals surface area contributed by atoms with Gasteiger partial charge in [0.15, 0.2) is 0 Å². The van der Waals surface area contributed by atoms with Crippen LogP contribution in [0.25, 0.3) is 11.1 Å². The van der Waals surface area contributed by atoms with E-state index in [0.717, 1.165) is 0 Å². The van der Waals surface area contributed by atoms with Gasteiger partial charge in [0.1, 0.15) is 11.6 Å². The van der Waals surface area contributed by atoms with Gasteiger partial charge in [-0.1, -0.05) is 5.16 Å². The minimum absolute atomic E-state index is 0.134. The zero-order chi connectivity index (χ0) is 13.8. The lowest BCUT2D eigenvalue weighted by molar-refractivity contribution is 0.200. The third kappa shape index (κ3) is 2.68. The Morgan fingerprint density at radius 3 is 2.84 bits per heavy atom. The molecule has 5 nitrogen and oxygen atoms in total. The zero-order valence-corrected chi connectivity index (χ0v) is 10.8. The Bertz CT molecular complexity index is 569. The Morgan fingerprint density at radius 1 is 1.37 bits per heavy atom. The van der Waals surface area contributed by atoms with Crippen molar-refractivity contribution >= 4 is 5.88 Å². The van der Waals surface area contributed by atoms with E-state index in [4.69, 9.17) is 19.7 Å². The Labute approximate surface area is 110 Å². The topological polar surface area (TPSA) is 70.5 Å². The van der Waals surface area contributed by atoms with Crippen molar-refractivity contribution in [2.24, 2.45) is 0 Å². The molecule has 1 aromatic heterocycles. The highest BCUT2D eigenvalue weighted by molar-refractivity contribution is 5.79. The number of rotatable bonds is 5. The number of nitrogens with zero attached hydrogens (tertiary/aromatic N) is 1. The van der Waals surface area contributed by atoms with Crippen LogP contribution in [0.1, 0.15) is 5.69 Å². The van der Waals surface area contributed by atoms with Gasteiger partial charge in [-0.3, -0.25) is 0 Å². The summed E-state index contributed by atoms with van der Waals surface area (Å²) in [5.41, 5.74) is 7.46. The summed E-state index contributed by atoms with van der Waals surface area (Å²) in [7, 11) is 3.10. The largest absolute Gasteiger partial charge is 0.496 e. The van der Waals surface area contributed by atoms with E-state index in [1.807, 2.05) is 0 Å². The van der Waals surface area contributed by atoms with Gasteiger partial charge in [-0.25, -0.2) is 4.39 Å². The van der Waals surface area contributed by atoms with E-state index in [2.05, 4.69) is 5.16 Å². The predicted octanol–water partition coefficient (Wildman–Crippen LogP) is 2.26. The van der Waals surface area contributed by atoms with E-state index in [1.165, 1.54) is 25.3 Å². The highest BCUT2D eigenvalue weighted by Gasteiger charge is 2.19. The Kier molecular flexibility index (Phi) is 4.01. The second kappa shape index (κ2) is 5.71. The molecule has 19 heavy (non-hydrogen) atoms. The number of nitrogen functional groups attached to an aromatic ring is 1. The number of benzene rings is 1. The van der Waals surface area contributed by atoms with Gasteiger partial charge in [-0.15, -0.1) is 0 Å². The fraction of sp³-hybridized carbons (Fsp3) is 0.308. The van der Waals surface area contributed by atoms with Crippen LogP contribution < -0.4 is 10.5 Å². The van der Waals surface area contributed by atoms with Crippen LogP contribution in [0.15, 0.2) is 22.7 Å².